The Morgan fingerprint density at radius 3 is 2.41 bits per heavy atom. The normalized spacial score (nSPS) is 15.6. The summed E-state index contributed by atoms with van der Waals surface area (Å²) in [6, 6.07) is 19.9. The molecular weight excluding hydrogens is 583 g/mol. The summed E-state index contributed by atoms with van der Waals surface area (Å²) < 4.78 is 37.3. The maximum Gasteiger partial charge on any atom is 0.266 e. The van der Waals surface area contributed by atoms with Crippen molar-refractivity contribution in [2.75, 3.05) is 24.1 Å². The number of ether oxygens (including phenoxy) is 1. The fourth-order valence-electron chi connectivity index (χ4n) is 5.18. The van der Waals surface area contributed by atoms with Crippen LogP contribution in [0.2, 0.25) is 10.0 Å². The van der Waals surface area contributed by atoms with Gasteiger partial charge in [-0.05, 0) is 49.7 Å². The van der Waals surface area contributed by atoms with E-state index in [4.69, 9.17) is 27.9 Å². The molecule has 8 nitrogen and oxygen atoms in total. The summed E-state index contributed by atoms with van der Waals surface area (Å²) >= 11 is 13.0. The van der Waals surface area contributed by atoms with E-state index in [1.165, 1.54) is 16.4 Å². The van der Waals surface area contributed by atoms with Gasteiger partial charge in [0.15, 0.2) is 0 Å². The van der Waals surface area contributed by atoms with Crippen LogP contribution in [0.5, 0.6) is 0 Å². The van der Waals surface area contributed by atoms with Crippen LogP contribution >= 0.6 is 23.2 Å². The van der Waals surface area contributed by atoms with Crippen LogP contribution in [-0.2, 0) is 28.4 Å². The number of para-hydroxylation sites is 1. The summed E-state index contributed by atoms with van der Waals surface area (Å²) in [7, 11) is -2.40. The molecular formula is C30H30Cl2N4O4S. The van der Waals surface area contributed by atoms with Crippen molar-refractivity contribution in [1.29, 1.82) is 0 Å². The highest BCUT2D eigenvalue weighted by molar-refractivity contribution is 7.93. The van der Waals surface area contributed by atoms with Gasteiger partial charge in [-0.2, -0.15) is 5.10 Å². The number of hydrogen-bond acceptors (Lipinski definition) is 5. The molecule has 1 unspecified atom stereocenters. The number of sulfonamides is 1. The SMILES string of the molecule is Cc1nn(C)c(C)c1C1COCCN1C(=O)c1ccc(Cl)c(S(=O)(=O)N(Cc2ccccc2)c2ccccc2Cl)c1. The Morgan fingerprint density at radius 2 is 1.73 bits per heavy atom. The van der Waals surface area contributed by atoms with Gasteiger partial charge in [-0.25, -0.2) is 8.42 Å². The Hall–Kier alpha value is -3.37. The number of carbonyl (C=O) groups excluding carboxylic acids is 1. The molecule has 0 radical (unpaired) electrons. The minimum Gasteiger partial charge on any atom is -0.377 e. The van der Waals surface area contributed by atoms with E-state index in [1.54, 1.807) is 39.9 Å². The minimum absolute atomic E-state index is 0.00383. The van der Waals surface area contributed by atoms with Crippen LogP contribution < -0.4 is 4.31 Å². The first-order valence-corrected chi connectivity index (χ1v) is 15.3. The van der Waals surface area contributed by atoms with Crippen molar-refractivity contribution in [3.63, 3.8) is 0 Å². The lowest BCUT2D eigenvalue weighted by Crippen LogP contribution is -2.44. The van der Waals surface area contributed by atoms with Gasteiger partial charge >= 0.3 is 0 Å². The molecule has 3 aromatic carbocycles. The molecule has 0 saturated carbocycles. The summed E-state index contributed by atoms with van der Waals surface area (Å²) in [4.78, 5) is 15.5. The maximum atomic E-state index is 14.3. The Morgan fingerprint density at radius 1 is 1.02 bits per heavy atom. The van der Waals surface area contributed by atoms with Gasteiger partial charge < -0.3 is 9.64 Å². The van der Waals surface area contributed by atoms with Crippen molar-refractivity contribution in [1.82, 2.24) is 14.7 Å². The zero-order valence-electron chi connectivity index (χ0n) is 22.9. The first kappa shape index (κ1) is 29.1. The van der Waals surface area contributed by atoms with Crippen LogP contribution in [0.15, 0.2) is 77.7 Å². The highest BCUT2D eigenvalue weighted by atomic mass is 35.5. The van der Waals surface area contributed by atoms with Gasteiger partial charge in [-0.3, -0.25) is 13.8 Å². The smallest absolute Gasteiger partial charge is 0.266 e. The highest BCUT2D eigenvalue weighted by Gasteiger charge is 2.35. The molecule has 0 bridgehead atoms. The second kappa shape index (κ2) is 11.9. The number of benzene rings is 3. The molecule has 0 N–H and O–H groups in total. The summed E-state index contributed by atoms with van der Waals surface area (Å²) in [6.45, 7) is 4.92. The Kier molecular flexibility index (Phi) is 8.42. The van der Waals surface area contributed by atoms with Gasteiger partial charge in [0.25, 0.3) is 15.9 Å². The standard InChI is InChI=1S/C30H30Cl2N4O4S/c1-20-29(21(2)34(3)33-20)27-19-40-16-15-35(27)30(37)23-13-14-25(32)28(17-23)41(38,39)36(18-22-9-5-4-6-10-22)26-12-8-7-11-24(26)31/h4-14,17,27H,15-16,18-19H2,1-3H3. The fraction of sp³-hybridized carbons (Fsp3) is 0.267. The van der Waals surface area contributed by atoms with Gasteiger partial charge in [-0.1, -0.05) is 65.7 Å². The summed E-state index contributed by atoms with van der Waals surface area (Å²) in [6.07, 6.45) is 0. The van der Waals surface area contributed by atoms with Crippen LogP contribution in [-0.4, -0.2) is 48.8 Å². The monoisotopic (exact) mass is 612 g/mol. The first-order valence-electron chi connectivity index (χ1n) is 13.1. The van der Waals surface area contributed by atoms with E-state index in [9.17, 15) is 13.2 Å². The Balaban J connectivity index is 1.55. The fourth-order valence-corrected chi connectivity index (χ4v) is 7.44. The number of aromatic nitrogens is 2. The van der Waals surface area contributed by atoms with Crippen molar-refractivity contribution in [3.05, 3.63) is 111 Å². The molecule has 4 aromatic rings. The molecule has 1 aliphatic heterocycles. The van der Waals surface area contributed by atoms with Crippen LogP contribution in [0.25, 0.3) is 0 Å². The molecule has 1 amide bonds. The number of halogens is 2. The van der Waals surface area contributed by atoms with E-state index >= 15 is 0 Å². The average Bonchev–Trinajstić information content (AvgIpc) is 3.22. The van der Waals surface area contributed by atoms with E-state index < -0.39 is 10.0 Å². The average molecular weight is 614 g/mol. The molecule has 2 heterocycles. The molecule has 0 spiro atoms. The van der Waals surface area contributed by atoms with Crippen LogP contribution in [0, 0.1) is 13.8 Å². The van der Waals surface area contributed by atoms with Crippen molar-refractivity contribution in [2.45, 2.75) is 31.3 Å². The zero-order chi connectivity index (χ0) is 29.3. The van der Waals surface area contributed by atoms with E-state index in [-0.39, 0.29) is 39.0 Å². The van der Waals surface area contributed by atoms with Gasteiger partial charge in [-0.15, -0.1) is 0 Å². The van der Waals surface area contributed by atoms with E-state index in [0.717, 1.165) is 22.5 Å². The highest BCUT2D eigenvalue weighted by Crippen LogP contribution is 2.36. The second-order valence-electron chi connectivity index (χ2n) is 9.89. The quantitative estimate of drug-likeness (QED) is 0.257. The number of anilines is 1. The third-order valence-corrected chi connectivity index (χ3v) is 9.88. The predicted molar refractivity (Wildman–Crippen MR) is 160 cm³/mol. The van der Waals surface area contributed by atoms with E-state index in [0.29, 0.717) is 25.4 Å². The van der Waals surface area contributed by atoms with Crippen molar-refractivity contribution in [3.8, 4) is 0 Å². The number of carbonyl (C=O) groups is 1. The zero-order valence-corrected chi connectivity index (χ0v) is 25.2. The second-order valence-corrected chi connectivity index (χ2v) is 12.5. The Bertz CT molecular complexity index is 1690. The minimum atomic E-state index is -4.26. The molecule has 1 fully saturated rings. The number of aryl methyl sites for hydroxylation is 2. The number of amides is 1. The Labute approximate surface area is 250 Å². The van der Waals surface area contributed by atoms with Gasteiger partial charge in [0.05, 0.1) is 47.2 Å². The summed E-state index contributed by atoms with van der Waals surface area (Å²) in [5, 5.41) is 4.79. The number of morpholine rings is 1. The molecule has 0 aliphatic carbocycles. The molecule has 41 heavy (non-hydrogen) atoms. The lowest BCUT2D eigenvalue weighted by molar-refractivity contribution is -0.00306. The summed E-state index contributed by atoms with van der Waals surface area (Å²) in [5.74, 6) is -0.318. The van der Waals surface area contributed by atoms with Gasteiger partial charge in [0.2, 0.25) is 0 Å². The summed E-state index contributed by atoms with van der Waals surface area (Å²) in [5.41, 5.74) is 3.95. The molecule has 5 rings (SSSR count). The van der Waals surface area contributed by atoms with Gasteiger partial charge in [0, 0.05) is 30.4 Å². The lowest BCUT2D eigenvalue weighted by Gasteiger charge is -2.36. The molecule has 1 aromatic heterocycles. The molecule has 1 saturated heterocycles. The first-order chi connectivity index (χ1) is 19.6. The third-order valence-electron chi connectivity index (χ3n) is 7.32. The lowest BCUT2D eigenvalue weighted by atomic mass is 10.0. The molecule has 11 heteroatoms. The van der Waals surface area contributed by atoms with Crippen molar-refractivity contribution in [2.24, 2.45) is 7.05 Å². The molecule has 1 aliphatic rings. The van der Waals surface area contributed by atoms with Crippen molar-refractivity contribution < 1.29 is 17.9 Å². The van der Waals surface area contributed by atoms with Gasteiger partial charge in [0.1, 0.15) is 4.90 Å². The number of rotatable bonds is 7. The molecule has 1 atom stereocenters. The number of hydrogen-bond donors (Lipinski definition) is 0. The van der Waals surface area contributed by atoms with Crippen LogP contribution in [0.1, 0.15) is 38.9 Å². The van der Waals surface area contributed by atoms with Crippen LogP contribution in [0.4, 0.5) is 5.69 Å². The maximum absolute atomic E-state index is 14.3. The third kappa shape index (κ3) is 5.72. The predicted octanol–water partition coefficient (Wildman–Crippen LogP) is 5.95. The van der Waals surface area contributed by atoms with E-state index in [2.05, 4.69) is 5.10 Å². The largest absolute Gasteiger partial charge is 0.377 e. The topological polar surface area (TPSA) is 84.7 Å². The molecule has 214 valence electrons. The van der Waals surface area contributed by atoms with Crippen molar-refractivity contribution >= 4 is 44.8 Å². The van der Waals surface area contributed by atoms with E-state index in [1.807, 2.05) is 51.2 Å². The number of nitrogens with zero attached hydrogens (tertiary/aromatic N) is 4. The van der Waals surface area contributed by atoms with Crippen LogP contribution in [0.3, 0.4) is 0 Å².